The van der Waals surface area contributed by atoms with Gasteiger partial charge in [-0.25, -0.2) is 15.0 Å². The van der Waals surface area contributed by atoms with E-state index in [1.54, 1.807) is 15.9 Å². The molecular formula is C20H17N5O2S2. The summed E-state index contributed by atoms with van der Waals surface area (Å²) in [6.45, 7) is 2.34. The second-order valence-corrected chi connectivity index (χ2v) is 8.27. The molecule has 3 aromatic heterocycles. The van der Waals surface area contributed by atoms with Gasteiger partial charge in [0.1, 0.15) is 0 Å². The lowest BCUT2D eigenvalue weighted by molar-refractivity contribution is -0.113. The summed E-state index contributed by atoms with van der Waals surface area (Å²) in [4.78, 5) is 39.1. The number of nitrogens with zero attached hydrogens (tertiary/aromatic N) is 4. The number of benzene rings is 1. The van der Waals surface area contributed by atoms with Gasteiger partial charge in [-0.15, -0.1) is 11.3 Å². The number of nitrogens with one attached hydrogen (secondary N) is 1. The lowest BCUT2D eigenvalue weighted by Crippen LogP contribution is -2.25. The first-order valence-corrected chi connectivity index (χ1v) is 10.7. The van der Waals surface area contributed by atoms with E-state index in [1.165, 1.54) is 24.2 Å². The first-order valence-electron chi connectivity index (χ1n) is 8.83. The van der Waals surface area contributed by atoms with Gasteiger partial charge in [0.15, 0.2) is 16.3 Å². The molecule has 7 nitrogen and oxygen atoms in total. The maximum absolute atomic E-state index is 13.0. The van der Waals surface area contributed by atoms with Gasteiger partial charge in [-0.3, -0.25) is 14.2 Å². The highest BCUT2D eigenvalue weighted by atomic mass is 32.2. The van der Waals surface area contributed by atoms with E-state index in [0.717, 1.165) is 16.1 Å². The molecule has 4 aromatic rings. The predicted molar refractivity (Wildman–Crippen MR) is 116 cm³/mol. The lowest BCUT2D eigenvalue weighted by atomic mass is 10.2. The summed E-state index contributed by atoms with van der Waals surface area (Å²) in [5, 5.41) is 5.26. The van der Waals surface area contributed by atoms with Crippen molar-refractivity contribution in [3.05, 3.63) is 75.0 Å². The SMILES string of the molecule is Cc1cccc(NC(=O)CSc2nc3nccnc3c(=O)n2Cc2cccs2)c1. The molecule has 0 fully saturated rings. The number of aromatic nitrogens is 4. The van der Waals surface area contributed by atoms with Gasteiger partial charge in [-0.05, 0) is 36.1 Å². The fraction of sp³-hybridized carbons (Fsp3) is 0.150. The van der Waals surface area contributed by atoms with Crippen LogP contribution in [0.15, 0.2) is 64.1 Å². The fourth-order valence-corrected chi connectivity index (χ4v) is 4.27. The molecule has 9 heteroatoms. The zero-order chi connectivity index (χ0) is 20.2. The molecule has 0 unspecified atom stereocenters. The number of aryl methyl sites for hydroxylation is 1. The van der Waals surface area contributed by atoms with E-state index in [1.807, 2.05) is 48.7 Å². The molecule has 0 radical (unpaired) electrons. The van der Waals surface area contributed by atoms with Gasteiger partial charge in [0.25, 0.3) is 5.56 Å². The summed E-state index contributed by atoms with van der Waals surface area (Å²) < 4.78 is 1.55. The van der Waals surface area contributed by atoms with Crippen molar-refractivity contribution in [3.8, 4) is 0 Å². The van der Waals surface area contributed by atoms with Gasteiger partial charge in [-0.2, -0.15) is 0 Å². The van der Waals surface area contributed by atoms with E-state index in [9.17, 15) is 9.59 Å². The Kier molecular flexibility index (Phi) is 5.68. The quantitative estimate of drug-likeness (QED) is 0.378. The maximum atomic E-state index is 13.0. The van der Waals surface area contributed by atoms with Gasteiger partial charge in [0.2, 0.25) is 5.91 Å². The van der Waals surface area contributed by atoms with Crippen molar-refractivity contribution >= 4 is 45.9 Å². The van der Waals surface area contributed by atoms with Gasteiger partial charge < -0.3 is 5.32 Å². The van der Waals surface area contributed by atoms with E-state index in [0.29, 0.717) is 11.7 Å². The molecule has 1 aromatic carbocycles. The van der Waals surface area contributed by atoms with E-state index in [-0.39, 0.29) is 28.4 Å². The topological polar surface area (TPSA) is 89.8 Å². The molecule has 1 amide bonds. The molecule has 0 aliphatic rings. The van der Waals surface area contributed by atoms with Crippen molar-refractivity contribution in [1.29, 1.82) is 0 Å². The summed E-state index contributed by atoms with van der Waals surface area (Å²) in [7, 11) is 0. The monoisotopic (exact) mass is 423 g/mol. The summed E-state index contributed by atoms with van der Waals surface area (Å²) >= 11 is 2.76. The van der Waals surface area contributed by atoms with Crippen LogP contribution >= 0.6 is 23.1 Å². The molecule has 0 spiro atoms. The first kappa shape index (κ1) is 19.3. The molecule has 1 N–H and O–H groups in total. The minimum absolute atomic E-state index is 0.122. The van der Waals surface area contributed by atoms with Crippen molar-refractivity contribution in [2.75, 3.05) is 11.1 Å². The second kappa shape index (κ2) is 8.54. The number of carbonyl (C=O) groups is 1. The van der Waals surface area contributed by atoms with E-state index >= 15 is 0 Å². The number of hydrogen-bond acceptors (Lipinski definition) is 7. The van der Waals surface area contributed by atoms with Gasteiger partial charge >= 0.3 is 0 Å². The standard InChI is InChI=1S/C20H17N5O2S2/c1-13-4-2-5-14(10-13)23-16(26)12-29-20-24-18-17(21-7-8-22-18)19(27)25(20)11-15-6-3-9-28-15/h2-10H,11-12H2,1H3,(H,23,26). The molecule has 0 aliphatic carbocycles. The Morgan fingerprint density at radius 2 is 2.07 bits per heavy atom. The molecule has 0 atom stereocenters. The third-order valence-electron chi connectivity index (χ3n) is 4.09. The van der Waals surface area contributed by atoms with Crippen molar-refractivity contribution in [1.82, 2.24) is 19.5 Å². The van der Waals surface area contributed by atoms with Gasteiger partial charge in [0.05, 0.1) is 12.3 Å². The average molecular weight is 424 g/mol. The van der Waals surface area contributed by atoms with Crippen molar-refractivity contribution in [2.24, 2.45) is 0 Å². The van der Waals surface area contributed by atoms with Crippen LogP contribution < -0.4 is 10.9 Å². The molecule has 0 bridgehead atoms. The van der Waals surface area contributed by atoms with Crippen LogP contribution in [0.3, 0.4) is 0 Å². The molecule has 0 saturated heterocycles. The molecular weight excluding hydrogens is 406 g/mol. The summed E-state index contributed by atoms with van der Waals surface area (Å²) in [5.74, 6) is -0.0480. The van der Waals surface area contributed by atoms with Crippen LogP contribution in [0.1, 0.15) is 10.4 Å². The van der Waals surface area contributed by atoms with Crippen LogP contribution in [0.5, 0.6) is 0 Å². The molecule has 0 saturated carbocycles. The van der Waals surface area contributed by atoms with Crippen LogP contribution in [0.2, 0.25) is 0 Å². The molecule has 0 aliphatic heterocycles. The minimum Gasteiger partial charge on any atom is -0.325 e. The normalized spacial score (nSPS) is 10.9. The number of fused-ring (bicyclic) bond motifs is 1. The van der Waals surface area contributed by atoms with Crippen LogP contribution in [0, 0.1) is 6.92 Å². The largest absolute Gasteiger partial charge is 0.325 e. The van der Waals surface area contributed by atoms with E-state index in [2.05, 4.69) is 20.3 Å². The van der Waals surface area contributed by atoms with Crippen LogP contribution in [-0.4, -0.2) is 31.2 Å². The predicted octanol–water partition coefficient (Wildman–Crippen LogP) is 3.34. The van der Waals surface area contributed by atoms with Gasteiger partial charge in [0, 0.05) is 23.0 Å². The third kappa shape index (κ3) is 4.52. The highest BCUT2D eigenvalue weighted by Crippen LogP contribution is 2.19. The number of hydrogen-bond donors (Lipinski definition) is 1. The number of anilines is 1. The van der Waals surface area contributed by atoms with E-state index in [4.69, 9.17) is 0 Å². The minimum atomic E-state index is -0.266. The average Bonchev–Trinajstić information content (AvgIpc) is 3.22. The van der Waals surface area contributed by atoms with Gasteiger partial charge in [-0.1, -0.05) is 30.0 Å². The summed E-state index contributed by atoms with van der Waals surface area (Å²) in [6.07, 6.45) is 2.97. The van der Waals surface area contributed by atoms with Crippen molar-refractivity contribution in [2.45, 2.75) is 18.6 Å². The summed E-state index contributed by atoms with van der Waals surface area (Å²) in [6, 6.07) is 11.5. The molecule has 4 rings (SSSR count). The van der Waals surface area contributed by atoms with Crippen LogP contribution in [0.25, 0.3) is 11.2 Å². The number of thiophene rings is 1. The Morgan fingerprint density at radius 3 is 2.86 bits per heavy atom. The van der Waals surface area contributed by atoms with Crippen molar-refractivity contribution < 1.29 is 4.79 Å². The Labute approximate surface area is 174 Å². The van der Waals surface area contributed by atoms with Crippen LogP contribution in [-0.2, 0) is 11.3 Å². The zero-order valence-corrected chi connectivity index (χ0v) is 17.2. The molecule has 29 heavy (non-hydrogen) atoms. The highest BCUT2D eigenvalue weighted by molar-refractivity contribution is 7.99. The Morgan fingerprint density at radius 1 is 1.21 bits per heavy atom. The number of amides is 1. The Hall–Kier alpha value is -3.04. The molecule has 3 heterocycles. The zero-order valence-electron chi connectivity index (χ0n) is 15.5. The number of rotatable bonds is 6. The second-order valence-electron chi connectivity index (χ2n) is 6.30. The highest BCUT2D eigenvalue weighted by Gasteiger charge is 2.15. The maximum Gasteiger partial charge on any atom is 0.282 e. The third-order valence-corrected chi connectivity index (χ3v) is 5.92. The fourth-order valence-electron chi connectivity index (χ4n) is 2.79. The smallest absolute Gasteiger partial charge is 0.282 e. The summed E-state index contributed by atoms with van der Waals surface area (Å²) in [5.41, 5.74) is 2.04. The van der Waals surface area contributed by atoms with Crippen LogP contribution in [0.4, 0.5) is 5.69 Å². The first-order chi connectivity index (χ1) is 14.1. The number of thioether (sulfide) groups is 1. The van der Waals surface area contributed by atoms with E-state index < -0.39 is 0 Å². The lowest BCUT2D eigenvalue weighted by Gasteiger charge is -2.12. The number of carbonyl (C=O) groups excluding carboxylic acids is 1. The van der Waals surface area contributed by atoms with Crippen molar-refractivity contribution in [3.63, 3.8) is 0 Å². The molecule has 146 valence electrons. The Bertz CT molecular complexity index is 1220. The Balaban J connectivity index is 1.59.